The summed E-state index contributed by atoms with van der Waals surface area (Å²) in [6.45, 7) is 1.76. The summed E-state index contributed by atoms with van der Waals surface area (Å²) in [7, 11) is 1.57. The van der Waals surface area contributed by atoms with Crippen LogP contribution in [0.2, 0.25) is 0 Å². The standard InChI is InChI=1S/C14H16ClNO3S/c1-8-7-9(20(15,18)19)5-6-12(8)16-14(17)13-10-3-2-4-11(10)13/h5-7,10-11,13H,2-4H2,1H3,(H,16,17). The Morgan fingerprint density at radius 1 is 1.30 bits per heavy atom. The summed E-state index contributed by atoms with van der Waals surface area (Å²) in [5.74, 6) is 1.35. The van der Waals surface area contributed by atoms with E-state index in [1.165, 1.54) is 18.6 Å². The average Bonchev–Trinajstić information content (AvgIpc) is 2.84. The third kappa shape index (κ3) is 2.44. The largest absolute Gasteiger partial charge is 0.326 e. The predicted octanol–water partition coefficient (Wildman–Crippen LogP) is 2.91. The highest BCUT2D eigenvalue weighted by atomic mass is 35.7. The number of anilines is 1. The fraction of sp³-hybridized carbons (Fsp3) is 0.500. The van der Waals surface area contributed by atoms with Crippen LogP contribution in [-0.4, -0.2) is 14.3 Å². The average molecular weight is 314 g/mol. The van der Waals surface area contributed by atoms with Gasteiger partial charge >= 0.3 is 0 Å². The van der Waals surface area contributed by atoms with Gasteiger partial charge in [0.25, 0.3) is 9.05 Å². The topological polar surface area (TPSA) is 63.2 Å². The number of halogens is 1. The molecule has 1 amide bonds. The lowest BCUT2D eigenvalue weighted by atomic mass is 10.1. The molecule has 2 saturated carbocycles. The normalized spacial score (nSPS) is 28.0. The van der Waals surface area contributed by atoms with Crippen molar-refractivity contribution >= 4 is 31.3 Å². The second-order valence-corrected chi connectivity index (χ2v) is 8.25. The van der Waals surface area contributed by atoms with Crippen LogP contribution in [0, 0.1) is 24.7 Å². The molecule has 2 unspecified atom stereocenters. The minimum atomic E-state index is -3.73. The molecular weight excluding hydrogens is 298 g/mol. The first-order valence-electron chi connectivity index (χ1n) is 6.74. The number of carbonyl (C=O) groups excluding carboxylic acids is 1. The van der Waals surface area contributed by atoms with Gasteiger partial charge in [-0.15, -0.1) is 0 Å². The zero-order chi connectivity index (χ0) is 14.5. The monoisotopic (exact) mass is 313 g/mol. The number of carbonyl (C=O) groups is 1. The van der Waals surface area contributed by atoms with Crippen LogP contribution in [0.3, 0.4) is 0 Å². The van der Waals surface area contributed by atoms with Crippen LogP contribution in [0.4, 0.5) is 5.69 Å². The molecule has 0 bridgehead atoms. The summed E-state index contributed by atoms with van der Waals surface area (Å²) < 4.78 is 22.5. The van der Waals surface area contributed by atoms with E-state index in [1.807, 2.05) is 0 Å². The smallest absolute Gasteiger partial charge is 0.261 e. The van der Waals surface area contributed by atoms with E-state index in [0.717, 1.165) is 12.8 Å². The number of fused-ring (bicyclic) bond motifs is 1. The van der Waals surface area contributed by atoms with E-state index in [1.54, 1.807) is 13.0 Å². The Labute approximate surface area is 122 Å². The van der Waals surface area contributed by atoms with Crippen molar-refractivity contribution in [1.29, 1.82) is 0 Å². The number of amides is 1. The van der Waals surface area contributed by atoms with Crippen LogP contribution in [0.1, 0.15) is 24.8 Å². The van der Waals surface area contributed by atoms with Gasteiger partial charge in [0, 0.05) is 22.3 Å². The van der Waals surface area contributed by atoms with E-state index in [9.17, 15) is 13.2 Å². The molecule has 1 N–H and O–H groups in total. The molecule has 2 fully saturated rings. The quantitative estimate of drug-likeness (QED) is 0.873. The molecule has 3 rings (SSSR count). The lowest BCUT2D eigenvalue weighted by molar-refractivity contribution is -0.118. The molecule has 0 aliphatic heterocycles. The van der Waals surface area contributed by atoms with Crippen molar-refractivity contribution in [2.24, 2.45) is 17.8 Å². The Morgan fingerprint density at radius 3 is 2.50 bits per heavy atom. The fourth-order valence-electron chi connectivity index (χ4n) is 3.35. The molecule has 0 spiro atoms. The number of hydrogen-bond acceptors (Lipinski definition) is 3. The molecule has 2 aliphatic carbocycles. The minimum absolute atomic E-state index is 0.0537. The van der Waals surface area contributed by atoms with Crippen molar-refractivity contribution in [3.05, 3.63) is 23.8 Å². The zero-order valence-corrected chi connectivity index (χ0v) is 12.7. The summed E-state index contributed by atoms with van der Waals surface area (Å²) in [5, 5.41) is 2.90. The van der Waals surface area contributed by atoms with E-state index in [2.05, 4.69) is 5.32 Å². The summed E-state index contributed by atoms with van der Waals surface area (Å²) >= 11 is 0. The Balaban J connectivity index is 1.73. The molecule has 0 radical (unpaired) electrons. The Kier molecular flexibility index (Phi) is 3.29. The lowest BCUT2D eigenvalue weighted by Gasteiger charge is -2.10. The molecule has 108 valence electrons. The lowest BCUT2D eigenvalue weighted by Crippen LogP contribution is -2.17. The van der Waals surface area contributed by atoms with Crippen molar-refractivity contribution in [2.45, 2.75) is 31.1 Å². The molecule has 0 saturated heterocycles. The number of hydrogen-bond donors (Lipinski definition) is 1. The van der Waals surface area contributed by atoms with Crippen molar-refractivity contribution < 1.29 is 13.2 Å². The maximum Gasteiger partial charge on any atom is 0.261 e. The second kappa shape index (κ2) is 4.74. The van der Waals surface area contributed by atoms with Crippen LogP contribution in [0.25, 0.3) is 0 Å². The molecule has 0 heterocycles. The van der Waals surface area contributed by atoms with Gasteiger partial charge in [-0.3, -0.25) is 4.79 Å². The third-order valence-corrected chi connectivity index (χ3v) is 5.80. The molecule has 20 heavy (non-hydrogen) atoms. The molecule has 1 aromatic carbocycles. The van der Waals surface area contributed by atoms with Gasteiger partial charge in [-0.1, -0.05) is 6.42 Å². The second-order valence-electron chi connectivity index (χ2n) is 5.69. The van der Waals surface area contributed by atoms with Gasteiger partial charge in [0.2, 0.25) is 5.91 Å². The van der Waals surface area contributed by atoms with Gasteiger partial charge < -0.3 is 5.32 Å². The molecule has 2 atom stereocenters. The minimum Gasteiger partial charge on any atom is -0.326 e. The number of rotatable bonds is 3. The Morgan fingerprint density at radius 2 is 1.95 bits per heavy atom. The fourth-order valence-corrected chi connectivity index (χ4v) is 4.19. The number of aryl methyl sites for hydroxylation is 1. The predicted molar refractivity (Wildman–Crippen MR) is 77.2 cm³/mol. The van der Waals surface area contributed by atoms with Crippen LogP contribution >= 0.6 is 10.7 Å². The summed E-state index contributed by atoms with van der Waals surface area (Å²) in [5.41, 5.74) is 1.36. The molecule has 6 heteroatoms. The van der Waals surface area contributed by atoms with Gasteiger partial charge in [0.1, 0.15) is 0 Å². The molecular formula is C14H16ClNO3S. The van der Waals surface area contributed by atoms with E-state index < -0.39 is 9.05 Å². The highest BCUT2D eigenvalue weighted by Crippen LogP contribution is 2.57. The van der Waals surface area contributed by atoms with Crippen LogP contribution < -0.4 is 5.32 Å². The zero-order valence-electron chi connectivity index (χ0n) is 11.1. The highest BCUT2D eigenvalue weighted by molar-refractivity contribution is 8.13. The van der Waals surface area contributed by atoms with Gasteiger partial charge in [-0.2, -0.15) is 0 Å². The molecule has 1 aromatic rings. The van der Waals surface area contributed by atoms with Gasteiger partial charge in [0.05, 0.1) is 4.90 Å². The highest BCUT2D eigenvalue weighted by Gasteiger charge is 2.56. The van der Waals surface area contributed by atoms with Crippen molar-refractivity contribution in [2.75, 3.05) is 5.32 Å². The summed E-state index contributed by atoms with van der Waals surface area (Å²) in [4.78, 5) is 12.2. The number of nitrogens with one attached hydrogen (secondary N) is 1. The van der Waals surface area contributed by atoms with Crippen LogP contribution in [-0.2, 0) is 13.8 Å². The molecule has 0 aromatic heterocycles. The van der Waals surface area contributed by atoms with Crippen LogP contribution in [0.15, 0.2) is 23.1 Å². The van der Waals surface area contributed by atoms with Crippen molar-refractivity contribution in [3.63, 3.8) is 0 Å². The van der Waals surface area contributed by atoms with Gasteiger partial charge in [0.15, 0.2) is 0 Å². The first kappa shape index (κ1) is 13.9. The Hall–Kier alpha value is -1.07. The summed E-state index contributed by atoms with van der Waals surface area (Å²) in [6, 6.07) is 4.49. The summed E-state index contributed by atoms with van der Waals surface area (Å²) in [6.07, 6.45) is 3.55. The van der Waals surface area contributed by atoms with E-state index in [-0.39, 0.29) is 16.7 Å². The maximum atomic E-state index is 12.2. The SMILES string of the molecule is Cc1cc(S(=O)(=O)Cl)ccc1NC(=O)C1C2CCCC21. The van der Waals surface area contributed by atoms with Crippen molar-refractivity contribution in [3.8, 4) is 0 Å². The van der Waals surface area contributed by atoms with E-state index in [0.29, 0.717) is 23.1 Å². The van der Waals surface area contributed by atoms with E-state index in [4.69, 9.17) is 10.7 Å². The molecule has 2 aliphatic rings. The van der Waals surface area contributed by atoms with Gasteiger partial charge in [-0.05, 0) is 55.4 Å². The Bertz CT molecular complexity index is 661. The van der Waals surface area contributed by atoms with Crippen molar-refractivity contribution in [1.82, 2.24) is 0 Å². The maximum absolute atomic E-state index is 12.2. The number of benzene rings is 1. The molecule has 4 nitrogen and oxygen atoms in total. The first-order chi connectivity index (χ1) is 9.38. The first-order valence-corrected chi connectivity index (χ1v) is 9.05. The van der Waals surface area contributed by atoms with Crippen LogP contribution in [0.5, 0.6) is 0 Å². The van der Waals surface area contributed by atoms with E-state index >= 15 is 0 Å². The van der Waals surface area contributed by atoms with Gasteiger partial charge in [-0.25, -0.2) is 8.42 Å². The third-order valence-electron chi connectivity index (χ3n) is 4.45.